The molecule has 0 aliphatic rings. The van der Waals surface area contributed by atoms with E-state index in [1.165, 1.54) is 6.20 Å². The maximum absolute atomic E-state index is 9.38. The molecule has 0 amide bonds. The van der Waals surface area contributed by atoms with E-state index in [2.05, 4.69) is 9.97 Å². The fourth-order valence-corrected chi connectivity index (χ4v) is 1.55. The fraction of sp³-hybridized carbons (Fsp3) is 0.0909. The molecule has 0 bridgehead atoms. The maximum Gasteiger partial charge on any atom is 0.155 e. The number of phenols is 1. The van der Waals surface area contributed by atoms with Gasteiger partial charge in [0.1, 0.15) is 11.4 Å². The van der Waals surface area contributed by atoms with E-state index in [9.17, 15) is 5.11 Å². The first-order valence-electron chi connectivity index (χ1n) is 4.71. The molecule has 0 saturated carbocycles. The van der Waals surface area contributed by atoms with Crippen LogP contribution in [0, 0.1) is 0 Å². The maximum atomic E-state index is 9.38. The van der Waals surface area contributed by atoms with E-state index < -0.39 is 0 Å². The Labute approximate surface area is 97.7 Å². The molecule has 0 aliphatic heterocycles. The predicted molar refractivity (Wildman–Crippen MR) is 62.0 cm³/mol. The van der Waals surface area contributed by atoms with E-state index in [1.807, 2.05) is 0 Å². The Balaban J connectivity index is 2.54. The van der Waals surface area contributed by atoms with Gasteiger partial charge in [-0.3, -0.25) is 0 Å². The molecular weight excluding hydrogens is 226 g/mol. The van der Waals surface area contributed by atoms with Crippen molar-refractivity contribution < 1.29 is 5.11 Å². The predicted octanol–water partition coefficient (Wildman–Crippen LogP) is 1.96. The van der Waals surface area contributed by atoms with Crippen molar-refractivity contribution in [2.75, 3.05) is 0 Å². The van der Waals surface area contributed by atoms with E-state index >= 15 is 0 Å². The average Bonchev–Trinajstić information content (AvgIpc) is 2.30. The number of benzene rings is 1. The minimum Gasteiger partial charge on any atom is -0.508 e. The summed E-state index contributed by atoms with van der Waals surface area (Å²) in [5.74, 6) is 0.161. The normalized spacial score (nSPS) is 10.4. The lowest BCUT2D eigenvalue weighted by Crippen LogP contribution is -2.02. The van der Waals surface area contributed by atoms with Crippen molar-refractivity contribution in [2.45, 2.75) is 6.54 Å². The molecule has 0 atom stereocenters. The monoisotopic (exact) mass is 235 g/mol. The minimum atomic E-state index is 0.161. The number of rotatable bonds is 2. The molecule has 1 aromatic heterocycles. The van der Waals surface area contributed by atoms with Gasteiger partial charge in [0, 0.05) is 12.1 Å². The Kier molecular flexibility index (Phi) is 3.03. The lowest BCUT2D eigenvalue weighted by molar-refractivity contribution is 0.475. The number of halogens is 1. The van der Waals surface area contributed by atoms with E-state index in [4.69, 9.17) is 17.3 Å². The van der Waals surface area contributed by atoms with Crippen LogP contribution in [0.25, 0.3) is 11.3 Å². The van der Waals surface area contributed by atoms with Gasteiger partial charge in [-0.1, -0.05) is 23.7 Å². The zero-order valence-electron chi connectivity index (χ0n) is 8.39. The molecule has 0 fully saturated rings. The second-order valence-electron chi connectivity index (χ2n) is 3.26. The first-order chi connectivity index (χ1) is 7.70. The highest BCUT2D eigenvalue weighted by atomic mass is 35.5. The second kappa shape index (κ2) is 4.47. The van der Waals surface area contributed by atoms with Crippen LogP contribution in [-0.4, -0.2) is 15.1 Å². The van der Waals surface area contributed by atoms with Crippen molar-refractivity contribution in [1.82, 2.24) is 9.97 Å². The largest absolute Gasteiger partial charge is 0.508 e. The standard InChI is InChI=1S/C11H10ClN3O/c12-11-10(15-8(5-13)6-14-11)7-2-1-3-9(16)4-7/h1-4,6,16H,5,13H2. The number of hydrogen-bond acceptors (Lipinski definition) is 4. The summed E-state index contributed by atoms with van der Waals surface area (Å²) >= 11 is 5.94. The highest BCUT2D eigenvalue weighted by Gasteiger charge is 2.08. The van der Waals surface area contributed by atoms with Crippen LogP contribution < -0.4 is 5.73 Å². The van der Waals surface area contributed by atoms with Crippen LogP contribution in [0.1, 0.15) is 5.69 Å². The Morgan fingerprint density at radius 2 is 2.19 bits per heavy atom. The van der Waals surface area contributed by atoms with E-state index in [-0.39, 0.29) is 5.75 Å². The van der Waals surface area contributed by atoms with Gasteiger partial charge in [-0.25, -0.2) is 9.97 Å². The first kappa shape index (κ1) is 10.9. The zero-order chi connectivity index (χ0) is 11.5. The average molecular weight is 236 g/mol. The lowest BCUT2D eigenvalue weighted by atomic mass is 10.1. The van der Waals surface area contributed by atoms with Gasteiger partial charge < -0.3 is 10.8 Å². The summed E-state index contributed by atoms with van der Waals surface area (Å²) < 4.78 is 0. The minimum absolute atomic E-state index is 0.161. The Morgan fingerprint density at radius 3 is 2.88 bits per heavy atom. The van der Waals surface area contributed by atoms with Crippen molar-refractivity contribution >= 4 is 11.6 Å². The number of nitrogens with zero attached hydrogens (tertiary/aromatic N) is 2. The smallest absolute Gasteiger partial charge is 0.155 e. The van der Waals surface area contributed by atoms with Crippen molar-refractivity contribution in [1.29, 1.82) is 0 Å². The summed E-state index contributed by atoms with van der Waals surface area (Å²) in [5, 5.41) is 9.67. The van der Waals surface area contributed by atoms with Crippen LogP contribution >= 0.6 is 11.6 Å². The number of hydrogen-bond donors (Lipinski definition) is 2. The Hall–Kier alpha value is -1.65. The molecule has 0 unspecified atom stereocenters. The third-order valence-corrected chi connectivity index (χ3v) is 2.38. The molecule has 1 heterocycles. The molecule has 82 valence electrons. The number of phenolic OH excluding ortho intramolecular Hbond substituents is 1. The summed E-state index contributed by atoms with van der Waals surface area (Å²) in [6, 6.07) is 6.68. The molecule has 0 aliphatic carbocycles. The number of aromatic hydroxyl groups is 1. The van der Waals surface area contributed by atoms with Crippen molar-refractivity contribution in [3.63, 3.8) is 0 Å². The Morgan fingerprint density at radius 1 is 1.38 bits per heavy atom. The molecule has 0 saturated heterocycles. The molecule has 2 rings (SSSR count). The van der Waals surface area contributed by atoms with Crippen LogP contribution in [0.3, 0.4) is 0 Å². The third-order valence-electron chi connectivity index (χ3n) is 2.11. The first-order valence-corrected chi connectivity index (χ1v) is 5.09. The van der Waals surface area contributed by atoms with E-state index in [0.717, 1.165) is 0 Å². The van der Waals surface area contributed by atoms with E-state index in [1.54, 1.807) is 24.3 Å². The van der Waals surface area contributed by atoms with Gasteiger partial charge >= 0.3 is 0 Å². The SMILES string of the molecule is NCc1cnc(Cl)c(-c2cccc(O)c2)n1. The highest BCUT2D eigenvalue weighted by Crippen LogP contribution is 2.26. The highest BCUT2D eigenvalue weighted by molar-refractivity contribution is 6.31. The quantitative estimate of drug-likeness (QED) is 0.835. The third kappa shape index (κ3) is 2.13. The summed E-state index contributed by atoms with van der Waals surface area (Å²) in [5.41, 5.74) is 7.38. The van der Waals surface area contributed by atoms with Gasteiger partial charge in [-0.2, -0.15) is 0 Å². The lowest BCUT2D eigenvalue weighted by Gasteiger charge is -2.05. The molecule has 5 heteroatoms. The van der Waals surface area contributed by atoms with Crippen LogP contribution in [0.15, 0.2) is 30.5 Å². The van der Waals surface area contributed by atoms with Gasteiger partial charge in [-0.15, -0.1) is 0 Å². The van der Waals surface area contributed by atoms with Gasteiger partial charge in [0.15, 0.2) is 5.15 Å². The number of nitrogens with two attached hydrogens (primary N) is 1. The fourth-order valence-electron chi connectivity index (χ4n) is 1.35. The van der Waals surface area contributed by atoms with E-state index in [0.29, 0.717) is 28.6 Å². The molecule has 16 heavy (non-hydrogen) atoms. The second-order valence-corrected chi connectivity index (χ2v) is 3.61. The molecule has 0 spiro atoms. The van der Waals surface area contributed by atoms with Crippen LogP contribution in [0.2, 0.25) is 5.15 Å². The molecule has 0 radical (unpaired) electrons. The molecule has 3 N–H and O–H groups in total. The van der Waals surface area contributed by atoms with Gasteiger partial charge in [0.25, 0.3) is 0 Å². The van der Waals surface area contributed by atoms with Gasteiger partial charge in [0.2, 0.25) is 0 Å². The molecule has 1 aromatic carbocycles. The number of aromatic nitrogens is 2. The summed E-state index contributed by atoms with van der Waals surface area (Å²) in [7, 11) is 0. The Bertz CT molecular complexity index is 516. The van der Waals surface area contributed by atoms with Crippen LogP contribution in [0.4, 0.5) is 0 Å². The summed E-state index contributed by atoms with van der Waals surface area (Å²) in [4.78, 5) is 8.27. The van der Waals surface area contributed by atoms with Gasteiger partial charge in [-0.05, 0) is 12.1 Å². The summed E-state index contributed by atoms with van der Waals surface area (Å²) in [6.45, 7) is 0.302. The van der Waals surface area contributed by atoms with Crippen LogP contribution in [0.5, 0.6) is 5.75 Å². The van der Waals surface area contributed by atoms with Crippen LogP contribution in [-0.2, 0) is 6.54 Å². The molecule has 2 aromatic rings. The van der Waals surface area contributed by atoms with Crippen molar-refractivity contribution in [3.8, 4) is 17.0 Å². The molecule has 4 nitrogen and oxygen atoms in total. The van der Waals surface area contributed by atoms with Crippen molar-refractivity contribution in [3.05, 3.63) is 41.3 Å². The van der Waals surface area contributed by atoms with Crippen molar-refractivity contribution in [2.24, 2.45) is 5.73 Å². The zero-order valence-corrected chi connectivity index (χ0v) is 9.15. The topological polar surface area (TPSA) is 72.0 Å². The molecular formula is C11H10ClN3O. The summed E-state index contributed by atoms with van der Waals surface area (Å²) in [6.07, 6.45) is 1.54. The van der Waals surface area contributed by atoms with Gasteiger partial charge in [0.05, 0.1) is 11.9 Å².